The van der Waals surface area contributed by atoms with Gasteiger partial charge in [0, 0.05) is 16.6 Å². The summed E-state index contributed by atoms with van der Waals surface area (Å²) >= 11 is 11.9. The van der Waals surface area contributed by atoms with E-state index in [1.807, 2.05) is 12.1 Å². The van der Waals surface area contributed by atoms with Gasteiger partial charge in [-0.1, -0.05) is 29.3 Å². The maximum Gasteiger partial charge on any atom is 0.0731 e. The second-order valence-corrected chi connectivity index (χ2v) is 5.31. The van der Waals surface area contributed by atoms with Crippen LogP contribution in [0.2, 0.25) is 10.0 Å². The molecule has 2 rings (SSSR count). The van der Waals surface area contributed by atoms with E-state index in [0.717, 1.165) is 25.3 Å². The molecule has 0 amide bonds. The van der Waals surface area contributed by atoms with E-state index in [1.165, 1.54) is 12.8 Å². The van der Waals surface area contributed by atoms with Crippen LogP contribution in [-0.4, -0.2) is 19.7 Å². The van der Waals surface area contributed by atoms with E-state index < -0.39 is 0 Å². The highest BCUT2D eigenvalue weighted by Crippen LogP contribution is 2.22. The van der Waals surface area contributed by atoms with Crippen LogP contribution in [0.25, 0.3) is 0 Å². The molecule has 1 heterocycles. The molecule has 1 aromatic carbocycles. The SMILES string of the molecule is Clc1ccc(COCC2CCCNC2)c(Cl)c1. The van der Waals surface area contributed by atoms with E-state index in [-0.39, 0.29) is 0 Å². The Morgan fingerprint density at radius 3 is 2.94 bits per heavy atom. The Labute approximate surface area is 112 Å². The summed E-state index contributed by atoms with van der Waals surface area (Å²) < 4.78 is 5.71. The number of piperidine rings is 1. The number of benzene rings is 1. The van der Waals surface area contributed by atoms with Crippen molar-refractivity contribution in [3.63, 3.8) is 0 Å². The standard InChI is InChI=1S/C13H17Cl2NO/c14-12-4-3-11(13(15)6-12)9-17-8-10-2-1-5-16-7-10/h3-4,6,10,16H,1-2,5,7-9H2. The van der Waals surface area contributed by atoms with Gasteiger partial charge in [0.15, 0.2) is 0 Å². The minimum absolute atomic E-state index is 0.562. The molecule has 1 atom stereocenters. The predicted octanol–water partition coefficient (Wildman–Crippen LogP) is 3.51. The first kappa shape index (κ1) is 13.2. The smallest absolute Gasteiger partial charge is 0.0731 e. The van der Waals surface area contributed by atoms with Crippen LogP contribution in [0, 0.1) is 5.92 Å². The van der Waals surface area contributed by atoms with E-state index in [4.69, 9.17) is 27.9 Å². The maximum absolute atomic E-state index is 6.07. The highest BCUT2D eigenvalue weighted by atomic mass is 35.5. The molecule has 0 aliphatic carbocycles. The summed E-state index contributed by atoms with van der Waals surface area (Å²) in [4.78, 5) is 0. The lowest BCUT2D eigenvalue weighted by Gasteiger charge is -2.22. The number of ether oxygens (including phenoxy) is 1. The average molecular weight is 274 g/mol. The molecule has 1 fully saturated rings. The Bertz CT molecular complexity index is 364. The van der Waals surface area contributed by atoms with Crippen molar-refractivity contribution in [2.24, 2.45) is 5.92 Å². The zero-order valence-electron chi connectivity index (χ0n) is 9.72. The van der Waals surface area contributed by atoms with Crippen molar-refractivity contribution >= 4 is 23.2 Å². The Hall–Kier alpha value is -0.280. The fraction of sp³-hybridized carbons (Fsp3) is 0.538. The molecule has 1 aliphatic rings. The van der Waals surface area contributed by atoms with Gasteiger partial charge < -0.3 is 10.1 Å². The maximum atomic E-state index is 6.07. The van der Waals surface area contributed by atoms with E-state index in [0.29, 0.717) is 22.6 Å². The molecule has 1 aliphatic heterocycles. The summed E-state index contributed by atoms with van der Waals surface area (Å²) in [7, 11) is 0. The molecular formula is C13H17Cl2NO. The second-order valence-electron chi connectivity index (χ2n) is 4.46. The topological polar surface area (TPSA) is 21.3 Å². The van der Waals surface area contributed by atoms with Gasteiger partial charge in [-0.25, -0.2) is 0 Å². The molecule has 0 spiro atoms. The van der Waals surface area contributed by atoms with Gasteiger partial charge in [-0.15, -0.1) is 0 Å². The molecule has 0 bridgehead atoms. The number of hydrogen-bond donors (Lipinski definition) is 1. The quantitative estimate of drug-likeness (QED) is 0.907. The minimum atomic E-state index is 0.562. The Balaban J connectivity index is 1.77. The number of nitrogens with one attached hydrogen (secondary N) is 1. The first-order chi connectivity index (χ1) is 8.25. The highest BCUT2D eigenvalue weighted by Gasteiger charge is 2.13. The normalized spacial score (nSPS) is 20.5. The van der Waals surface area contributed by atoms with Crippen molar-refractivity contribution in [2.75, 3.05) is 19.7 Å². The monoisotopic (exact) mass is 273 g/mol. The molecular weight excluding hydrogens is 257 g/mol. The van der Waals surface area contributed by atoms with Gasteiger partial charge in [0.25, 0.3) is 0 Å². The number of rotatable bonds is 4. The summed E-state index contributed by atoms with van der Waals surface area (Å²) in [6.07, 6.45) is 2.50. The highest BCUT2D eigenvalue weighted by molar-refractivity contribution is 6.35. The third-order valence-corrected chi connectivity index (χ3v) is 3.61. The molecule has 0 aromatic heterocycles. The van der Waals surface area contributed by atoms with E-state index in [2.05, 4.69) is 5.32 Å². The molecule has 0 radical (unpaired) electrons. The first-order valence-electron chi connectivity index (χ1n) is 5.98. The van der Waals surface area contributed by atoms with Crippen molar-refractivity contribution in [3.05, 3.63) is 33.8 Å². The lowest BCUT2D eigenvalue weighted by atomic mass is 10.0. The van der Waals surface area contributed by atoms with Crippen LogP contribution in [-0.2, 0) is 11.3 Å². The first-order valence-corrected chi connectivity index (χ1v) is 6.73. The Kier molecular flexibility index (Phi) is 5.11. The zero-order valence-corrected chi connectivity index (χ0v) is 11.2. The summed E-state index contributed by atoms with van der Waals surface area (Å²) in [5.41, 5.74) is 1.000. The van der Waals surface area contributed by atoms with E-state index in [1.54, 1.807) is 6.07 Å². The van der Waals surface area contributed by atoms with Crippen molar-refractivity contribution in [3.8, 4) is 0 Å². The fourth-order valence-electron chi connectivity index (χ4n) is 2.04. The van der Waals surface area contributed by atoms with Crippen LogP contribution in [0.5, 0.6) is 0 Å². The van der Waals surface area contributed by atoms with Crippen LogP contribution in [0.15, 0.2) is 18.2 Å². The van der Waals surface area contributed by atoms with Crippen LogP contribution in [0.4, 0.5) is 0 Å². The summed E-state index contributed by atoms with van der Waals surface area (Å²) in [6, 6.07) is 5.52. The number of halogens is 2. The van der Waals surface area contributed by atoms with Crippen molar-refractivity contribution in [1.82, 2.24) is 5.32 Å². The van der Waals surface area contributed by atoms with Gasteiger partial charge in [0.2, 0.25) is 0 Å². The molecule has 1 unspecified atom stereocenters. The van der Waals surface area contributed by atoms with Crippen LogP contribution in [0.1, 0.15) is 18.4 Å². The minimum Gasteiger partial charge on any atom is -0.376 e. The Morgan fingerprint density at radius 1 is 1.35 bits per heavy atom. The molecule has 17 heavy (non-hydrogen) atoms. The Morgan fingerprint density at radius 2 is 2.24 bits per heavy atom. The largest absolute Gasteiger partial charge is 0.376 e. The van der Waals surface area contributed by atoms with Gasteiger partial charge in [-0.2, -0.15) is 0 Å². The average Bonchev–Trinajstić information content (AvgIpc) is 2.33. The lowest BCUT2D eigenvalue weighted by Crippen LogP contribution is -2.32. The summed E-state index contributed by atoms with van der Waals surface area (Å²) in [6.45, 7) is 3.56. The molecule has 2 nitrogen and oxygen atoms in total. The third kappa shape index (κ3) is 4.14. The van der Waals surface area contributed by atoms with Crippen molar-refractivity contribution < 1.29 is 4.74 Å². The fourth-order valence-corrected chi connectivity index (χ4v) is 2.50. The van der Waals surface area contributed by atoms with Gasteiger partial charge in [-0.05, 0) is 43.0 Å². The molecule has 1 aromatic rings. The molecule has 0 saturated carbocycles. The van der Waals surface area contributed by atoms with Gasteiger partial charge in [0.05, 0.1) is 13.2 Å². The van der Waals surface area contributed by atoms with Crippen LogP contribution in [0.3, 0.4) is 0 Å². The molecule has 1 N–H and O–H groups in total. The lowest BCUT2D eigenvalue weighted by molar-refractivity contribution is 0.0783. The predicted molar refractivity (Wildman–Crippen MR) is 71.7 cm³/mol. The van der Waals surface area contributed by atoms with Crippen LogP contribution < -0.4 is 5.32 Å². The summed E-state index contributed by atoms with van der Waals surface area (Å²) in [5, 5.41) is 4.72. The third-order valence-electron chi connectivity index (χ3n) is 3.03. The van der Waals surface area contributed by atoms with Crippen LogP contribution >= 0.6 is 23.2 Å². The van der Waals surface area contributed by atoms with Crippen molar-refractivity contribution in [1.29, 1.82) is 0 Å². The molecule has 1 saturated heterocycles. The molecule has 4 heteroatoms. The van der Waals surface area contributed by atoms with E-state index in [9.17, 15) is 0 Å². The van der Waals surface area contributed by atoms with Crippen molar-refractivity contribution in [2.45, 2.75) is 19.4 Å². The van der Waals surface area contributed by atoms with Gasteiger partial charge in [-0.3, -0.25) is 0 Å². The molecule has 94 valence electrons. The second kappa shape index (κ2) is 6.60. The van der Waals surface area contributed by atoms with Gasteiger partial charge >= 0.3 is 0 Å². The summed E-state index contributed by atoms with van der Waals surface area (Å²) in [5.74, 6) is 0.634. The zero-order chi connectivity index (χ0) is 12.1. The number of hydrogen-bond acceptors (Lipinski definition) is 2. The van der Waals surface area contributed by atoms with E-state index >= 15 is 0 Å². The van der Waals surface area contributed by atoms with Gasteiger partial charge in [0.1, 0.15) is 0 Å².